The molecule has 1 unspecified atom stereocenters. The molecule has 126 valence electrons. The Kier molecular flexibility index (Phi) is 4.07. The number of nitrogens with two attached hydrogens (primary N) is 1. The number of halogens is 1. The number of dihydropyridines is 1. The van der Waals surface area contributed by atoms with E-state index in [0.717, 1.165) is 35.5 Å². The summed E-state index contributed by atoms with van der Waals surface area (Å²) in [4.78, 5) is 4.29. The Labute approximate surface area is 145 Å². The third kappa shape index (κ3) is 3.06. The molecule has 0 spiro atoms. The lowest BCUT2D eigenvalue weighted by Gasteiger charge is -2.19. The number of hydrazine groups is 1. The van der Waals surface area contributed by atoms with Crippen LogP contribution in [-0.2, 0) is 0 Å². The van der Waals surface area contributed by atoms with Crippen LogP contribution in [0.2, 0.25) is 0 Å². The van der Waals surface area contributed by atoms with Crippen molar-refractivity contribution in [3.63, 3.8) is 0 Å². The van der Waals surface area contributed by atoms with Crippen LogP contribution in [0.4, 0.5) is 10.1 Å². The maximum Gasteiger partial charge on any atom is 0.123 e. The van der Waals surface area contributed by atoms with Crippen LogP contribution in [0.15, 0.2) is 70.7 Å². The lowest BCUT2D eigenvalue weighted by molar-refractivity contribution is 0.595. The van der Waals surface area contributed by atoms with Crippen LogP contribution in [-0.4, -0.2) is 12.8 Å². The summed E-state index contributed by atoms with van der Waals surface area (Å²) in [6.07, 6.45) is 4.79. The molecule has 25 heavy (non-hydrogen) atoms. The van der Waals surface area contributed by atoms with Crippen molar-refractivity contribution in [3.8, 4) is 0 Å². The summed E-state index contributed by atoms with van der Waals surface area (Å²) in [7, 11) is 0. The van der Waals surface area contributed by atoms with E-state index in [1.54, 1.807) is 0 Å². The van der Waals surface area contributed by atoms with E-state index in [1.165, 1.54) is 23.3 Å². The van der Waals surface area contributed by atoms with Gasteiger partial charge in [0.15, 0.2) is 0 Å². The Balaban J connectivity index is 1.82. The van der Waals surface area contributed by atoms with Crippen LogP contribution >= 0.6 is 0 Å². The fraction of sp³-hybridized carbons (Fsp3) is 0.150. The van der Waals surface area contributed by atoms with Crippen molar-refractivity contribution in [2.75, 3.05) is 12.3 Å². The molecule has 1 atom stereocenters. The molecule has 5 heteroatoms. The monoisotopic (exact) mass is 334 g/mol. The van der Waals surface area contributed by atoms with E-state index >= 15 is 0 Å². The van der Waals surface area contributed by atoms with Crippen molar-refractivity contribution in [2.24, 2.45) is 4.99 Å². The molecule has 0 aliphatic carbocycles. The molecule has 2 aromatic rings. The first kappa shape index (κ1) is 15.6. The molecule has 0 aromatic heterocycles. The van der Waals surface area contributed by atoms with Crippen molar-refractivity contribution in [3.05, 3.63) is 82.7 Å². The van der Waals surface area contributed by atoms with E-state index in [9.17, 15) is 4.39 Å². The smallest absolute Gasteiger partial charge is 0.123 e. The van der Waals surface area contributed by atoms with Crippen LogP contribution in [0.1, 0.15) is 23.6 Å². The van der Waals surface area contributed by atoms with Gasteiger partial charge < -0.3 is 11.2 Å². The molecular formula is C20H19FN4. The first-order valence-electron chi connectivity index (χ1n) is 8.29. The van der Waals surface area contributed by atoms with E-state index < -0.39 is 0 Å². The molecule has 2 heterocycles. The second-order valence-corrected chi connectivity index (χ2v) is 6.16. The number of aliphatic imine (C=N–C) groups is 1. The van der Waals surface area contributed by atoms with Gasteiger partial charge in [0.1, 0.15) is 5.82 Å². The standard InChI is InChI=1S/C20H19FN4/c21-16-5-1-14(2-6-16)19-18(13-9-11-23-12-10-13)20(25-24-19)15-3-7-17(22)8-4-15/h1-9,11,19,24-25H,10,12,22H2. The van der Waals surface area contributed by atoms with E-state index in [4.69, 9.17) is 5.73 Å². The minimum atomic E-state index is -0.233. The third-order valence-electron chi connectivity index (χ3n) is 4.54. The largest absolute Gasteiger partial charge is 0.399 e. The molecule has 0 fully saturated rings. The quantitative estimate of drug-likeness (QED) is 0.754. The normalized spacial score (nSPS) is 19.7. The lowest BCUT2D eigenvalue weighted by atomic mass is 9.88. The van der Waals surface area contributed by atoms with E-state index in [2.05, 4.69) is 21.9 Å². The summed E-state index contributed by atoms with van der Waals surface area (Å²) in [5.74, 6) is -0.233. The lowest BCUT2D eigenvalue weighted by Crippen LogP contribution is -2.27. The van der Waals surface area contributed by atoms with Gasteiger partial charge in [0.05, 0.1) is 11.7 Å². The molecule has 4 N–H and O–H groups in total. The van der Waals surface area contributed by atoms with Crippen LogP contribution < -0.4 is 16.6 Å². The second-order valence-electron chi connectivity index (χ2n) is 6.16. The van der Waals surface area contributed by atoms with Crippen LogP contribution in [0.25, 0.3) is 5.70 Å². The highest BCUT2D eigenvalue weighted by Crippen LogP contribution is 2.38. The third-order valence-corrected chi connectivity index (χ3v) is 4.54. The fourth-order valence-corrected chi connectivity index (χ4v) is 3.27. The molecule has 2 aromatic carbocycles. The summed E-state index contributed by atoms with van der Waals surface area (Å²) in [5, 5.41) is 0. The van der Waals surface area contributed by atoms with Gasteiger partial charge in [-0.25, -0.2) is 9.82 Å². The molecule has 0 amide bonds. The molecule has 4 rings (SSSR count). The Morgan fingerprint density at radius 1 is 1.04 bits per heavy atom. The molecular weight excluding hydrogens is 315 g/mol. The number of rotatable bonds is 3. The molecule has 0 radical (unpaired) electrons. The molecule has 0 bridgehead atoms. The second kappa shape index (κ2) is 6.53. The highest BCUT2D eigenvalue weighted by atomic mass is 19.1. The molecule has 0 saturated heterocycles. The van der Waals surface area contributed by atoms with Crippen LogP contribution in [0, 0.1) is 5.82 Å². The maximum atomic E-state index is 13.3. The predicted octanol–water partition coefficient (Wildman–Crippen LogP) is 3.37. The number of nitrogen functional groups attached to an aromatic ring is 1. The number of allylic oxidation sites excluding steroid dienone is 1. The number of hydrogen-bond acceptors (Lipinski definition) is 4. The van der Waals surface area contributed by atoms with Gasteiger partial charge in [0, 0.05) is 24.0 Å². The van der Waals surface area contributed by atoms with Gasteiger partial charge in [-0.3, -0.25) is 4.99 Å². The van der Waals surface area contributed by atoms with Crippen LogP contribution in [0.5, 0.6) is 0 Å². The van der Waals surface area contributed by atoms with Gasteiger partial charge >= 0.3 is 0 Å². The van der Waals surface area contributed by atoms with E-state index in [0.29, 0.717) is 0 Å². The first-order chi connectivity index (χ1) is 12.2. The molecule has 4 nitrogen and oxygen atoms in total. The van der Waals surface area contributed by atoms with Crippen molar-refractivity contribution < 1.29 is 4.39 Å². The summed E-state index contributed by atoms with van der Waals surface area (Å²) in [5.41, 5.74) is 18.7. The van der Waals surface area contributed by atoms with Crippen LogP contribution in [0.3, 0.4) is 0 Å². The van der Waals surface area contributed by atoms with E-state index in [-0.39, 0.29) is 11.9 Å². The Bertz CT molecular complexity index is 864. The summed E-state index contributed by atoms with van der Waals surface area (Å²) >= 11 is 0. The number of anilines is 1. The van der Waals surface area contributed by atoms with Gasteiger partial charge in [-0.1, -0.05) is 24.3 Å². The van der Waals surface area contributed by atoms with Crippen molar-refractivity contribution in [1.29, 1.82) is 0 Å². The molecule has 2 aliphatic heterocycles. The topological polar surface area (TPSA) is 62.4 Å². The fourth-order valence-electron chi connectivity index (χ4n) is 3.27. The maximum absolute atomic E-state index is 13.3. The van der Waals surface area contributed by atoms with Gasteiger partial charge in [-0.2, -0.15) is 0 Å². The van der Waals surface area contributed by atoms with Crippen molar-refractivity contribution in [2.45, 2.75) is 12.5 Å². The number of benzene rings is 2. The van der Waals surface area contributed by atoms with Gasteiger partial charge in [0.25, 0.3) is 0 Å². The Morgan fingerprint density at radius 3 is 2.48 bits per heavy atom. The van der Waals surface area contributed by atoms with E-state index in [1.807, 2.05) is 42.6 Å². The Morgan fingerprint density at radius 2 is 1.80 bits per heavy atom. The molecule has 2 aliphatic rings. The van der Waals surface area contributed by atoms with Gasteiger partial charge in [-0.15, -0.1) is 0 Å². The average molecular weight is 334 g/mol. The summed E-state index contributed by atoms with van der Waals surface area (Å²) in [6, 6.07) is 14.4. The molecule has 0 saturated carbocycles. The predicted molar refractivity (Wildman–Crippen MR) is 99.2 cm³/mol. The van der Waals surface area contributed by atoms with Crippen molar-refractivity contribution in [1.82, 2.24) is 10.9 Å². The first-order valence-corrected chi connectivity index (χ1v) is 8.29. The summed E-state index contributed by atoms with van der Waals surface area (Å²) < 4.78 is 13.3. The number of hydrogen-bond donors (Lipinski definition) is 3. The highest BCUT2D eigenvalue weighted by Gasteiger charge is 2.29. The zero-order valence-corrected chi connectivity index (χ0v) is 13.7. The SMILES string of the molecule is Nc1ccc(C2=C(C3=CC=NCC3)C(c3ccc(F)cc3)NN2)cc1. The minimum Gasteiger partial charge on any atom is -0.399 e. The van der Waals surface area contributed by atoms with Gasteiger partial charge in [0.2, 0.25) is 0 Å². The number of nitrogens with one attached hydrogen (secondary N) is 2. The zero-order chi connectivity index (χ0) is 17.2. The van der Waals surface area contributed by atoms with Gasteiger partial charge in [-0.05, 0) is 53.5 Å². The Hall–Kier alpha value is -2.92. The average Bonchev–Trinajstić information content (AvgIpc) is 3.09. The van der Waals surface area contributed by atoms with Crippen molar-refractivity contribution >= 4 is 17.6 Å². The highest BCUT2D eigenvalue weighted by molar-refractivity contribution is 5.81. The number of nitrogens with zero attached hydrogens (tertiary/aromatic N) is 1. The summed E-state index contributed by atoms with van der Waals surface area (Å²) in [6.45, 7) is 0.778. The zero-order valence-electron chi connectivity index (χ0n) is 13.7. The minimum absolute atomic E-state index is 0.0501.